The van der Waals surface area contributed by atoms with Crippen LogP contribution in [0.5, 0.6) is 0 Å². The highest BCUT2D eigenvalue weighted by atomic mass is 32.2. The minimum absolute atomic E-state index is 0.154. The van der Waals surface area contributed by atoms with E-state index in [0.29, 0.717) is 16.3 Å². The van der Waals surface area contributed by atoms with Gasteiger partial charge in [0.1, 0.15) is 5.00 Å². The first-order chi connectivity index (χ1) is 8.20. The minimum atomic E-state index is -0.953. The number of nitrogens with zero attached hydrogens (tertiary/aromatic N) is 1. The van der Waals surface area contributed by atoms with Gasteiger partial charge in [-0.25, -0.2) is 9.78 Å². The maximum atomic E-state index is 10.9. The number of thiazole rings is 1. The van der Waals surface area contributed by atoms with Gasteiger partial charge in [-0.15, -0.1) is 11.3 Å². The lowest BCUT2D eigenvalue weighted by Crippen LogP contribution is -2.28. The number of thioether (sulfide) groups is 1. The number of carboxylic acid groups (broad SMARTS) is 1. The standard InChI is InChI=1S/C11H16N2O2S2/c1-16-8-4-2-3-7(5-8)13-10-9(11(14)15)12-6-17-10/h6-8,13H,2-5H2,1H3,(H,14,15). The zero-order valence-electron chi connectivity index (χ0n) is 9.68. The van der Waals surface area contributed by atoms with Gasteiger partial charge in [0.15, 0.2) is 5.69 Å². The Morgan fingerprint density at radius 2 is 2.47 bits per heavy atom. The Morgan fingerprint density at radius 1 is 1.65 bits per heavy atom. The van der Waals surface area contributed by atoms with Crippen LogP contribution in [-0.4, -0.2) is 33.6 Å². The zero-order valence-corrected chi connectivity index (χ0v) is 11.3. The van der Waals surface area contributed by atoms with Crippen LogP contribution in [0.15, 0.2) is 5.51 Å². The molecule has 1 heterocycles. The molecule has 0 aliphatic heterocycles. The van der Waals surface area contributed by atoms with Gasteiger partial charge in [0, 0.05) is 11.3 Å². The molecular formula is C11H16N2O2S2. The van der Waals surface area contributed by atoms with Gasteiger partial charge >= 0.3 is 5.97 Å². The monoisotopic (exact) mass is 272 g/mol. The molecule has 2 unspecified atom stereocenters. The number of rotatable bonds is 4. The van der Waals surface area contributed by atoms with Gasteiger partial charge in [0.2, 0.25) is 0 Å². The summed E-state index contributed by atoms with van der Waals surface area (Å²) >= 11 is 3.27. The van der Waals surface area contributed by atoms with E-state index in [-0.39, 0.29) is 5.69 Å². The van der Waals surface area contributed by atoms with E-state index in [1.165, 1.54) is 24.2 Å². The molecule has 0 aromatic carbocycles. The van der Waals surface area contributed by atoms with E-state index >= 15 is 0 Å². The van der Waals surface area contributed by atoms with Crippen LogP contribution in [-0.2, 0) is 0 Å². The van der Waals surface area contributed by atoms with Gasteiger partial charge in [-0.2, -0.15) is 11.8 Å². The van der Waals surface area contributed by atoms with Crippen molar-refractivity contribution in [3.63, 3.8) is 0 Å². The van der Waals surface area contributed by atoms with E-state index in [1.54, 1.807) is 5.51 Å². The van der Waals surface area contributed by atoms with Crippen molar-refractivity contribution in [2.45, 2.75) is 37.0 Å². The van der Waals surface area contributed by atoms with Gasteiger partial charge < -0.3 is 10.4 Å². The SMILES string of the molecule is CSC1CCCC(Nc2scnc2C(=O)O)C1. The minimum Gasteiger partial charge on any atom is -0.476 e. The van der Waals surface area contributed by atoms with Crippen molar-refractivity contribution in [1.29, 1.82) is 0 Å². The molecule has 0 spiro atoms. The van der Waals surface area contributed by atoms with E-state index in [0.717, 1.165) is 12.8 Å². The molecule has 1 aliphatic rings. The molecule has 1 saturated carbocycles. The first-order valence-electron chi connectivity index (χ1n) is 5.66. The van der Waals surface area contributed by atoms with Crippen molar-refractivity contribution >= 4 is 34.1 Å². The predicted molar refractivity (Wildman–Crippen MR) is 72.3 cm³/mol. The zero-order chi connectivity index (χ0) is 12.3. The first kappa shape index (κ1) is 12.7. The largest absolute Gasteiger partial charge is 0.476 e. The number of aromatic nitrogens is 1. The quantitative estimate of drug-likeness (QED) is 0.882. The van der Waals surface area contributed by atoms with Crippen LogP contribution in [0.1, 0.15) is 36.2 Å². The van der Waals surface area contributed by atoms with Crippen LogP contribution in [0.2, 0.25) is 0 Å². The molecule has 0 amide bonds. The number of carbonyl (C=O) groups is 1. The highest BCUT2D eigenvalue weighted by molar-refractivity contribution is 7.99. The number of anilines is 1. The molecule has 17 heavy (non-hydrogen) atoms. The number of nitrogens with one attached hydrogen (secondary N) is 1. The summed E-state index contributed by atoms with van der Waals surface area (Å²) in [5.74, 6) is -0.953. The van der Waals surface area contributed by atoms with E-state index in [4.69, 9.17) is 5.11 Å². The molecular weight excluding hydrogens is 256 g/mol. The van der Waals surface area contributed by atoms with Crippen LogP contribution in [0, 0.1) is 0 Å². The normalized spacial score (nSPS) is 24.5. The van der Waals surface area contributed by atoms with Gasteiger partial charge in [0.25, 0.3) is 0 Å². The average Bonchev–Trinajstić information content (AvgIpc) is 2.77. The number of carboxylic acids is 1. The van der Waals surface area contributed by atoms with Crippen LogP contribution >= 0.6 is 23.1 Å². The molecule has 1 fully saturated rings. The predicted octanol–water partition coefficient (Wildman–Crippen LogP) is 2.93. The lowest BCUT2D eigenvalue weighted by molar-refractivity contribution is 0.0692. The number of hydrogen-bond acceptors (Lipinski definition) is 5. The summed E-state index contributed by atoms with van der Waals surface area (Å²) < 4.78 is 0. The highest BCUT2D eigenvalue weighted by Gasteiger charge is 2.23. The highest BCUT2D eigenvalue weighted by Crippen LogP contribution is 2.30. The third kappa shape index (κ3) is 3.13. The molecule has 2 rings (SSSR count). The number of aromatic carboxylic acids is 1. The Bertz CT molecular complexity index is 395. The van der Waals surface area contributed by atoms with Crippen molar-refractivity contribution in [2.75, 3.05) is 11.6 Å². The molecule has 1 aromatic rings. The lowest BCUT2D eigenvalue weighted by Gasteiger charge is -2.28. The molecule has 94 valence electrons. The Balaban J connectivity index is 2.00. The molecule has 6 heteroatoms. The van der Waals surface area contributed by atoms with Gasteiger partial charge in [-0.1, -0.05) is 6.42 Å². The maximum Gasteiger partial charge on any atom is 0.357 e. The Labute approximate surface area is 109 Å². The third-order valence-electron chi connectivity index (χ3n) is 3.06. The molecule has 0 bridgehead atoms. The summed E-state index contributed by atoms with van der Waals surface area (Å²) in [6.45, 7) is 0. The van der Waals surface area contributed by atoms with Crippen molar-refractivity contribution < 1.29 is 9.90 Å². The van der Waals surface area contributed by atoms with Crippen molar-refractivity contribution in [3.05, 3.63) is 11.2 Å². The van der Waals surface area contributed by atoms with Gasteiger partial charge in [-0.3, -0.25) is 0 Å². The summed E-state index contributed by atoms with van der Waals surface area (Å²) in [4.78, 5) is 14.8. The van der Waals surface area contributed by atoms with E-state index in [1.807, 2.05) is 11.8 Å². The second-order valence-electron chi connectivity index (χ2n) is 4.20. The van der Waals surface area contributed by atoms with E-state index < -0.39 is 5.97 Å². The average molecular weight is 272 g/mol. The summed E-state index contributed by atoms with van der Waals surface area (Å²) in [7, 11) is 0. The molecule has 0 radical (unpaired) electrons. The number of hydrogen-bond donors (Lipinski definition) is 2. The molecule has 2 atom stereocenters. The Kier molecular flexibility index (Phi) is 4.28. The second-order valence-corrected chi connectivity index (χ2v) is 6.19. The molecule has 1 aromatic heterocycles. The summed E-state index contributed by atoms with van der Waals surface area (Å²) in [6, 6.07) is 0.389. The Morgan fingerprint density at radius 3 is 3.18 bits per heavy atom. The Hall–Kier alpha value is -0.750. The molecule has 2 N–H and O–H groups in total. The maximum absolute atomic E-state index is 10.9. The third-order valence-corrected chi connectivity index (χ3v) is 4.92. The fraction of sp³-hybridized carbons (Fsp3) is 0.636. The summed E-state index contributed by atoms with van der Waals surface area (Å²) in [5, 5.41) is 13.7. The van der Waals surface area contributed by atoms with E-state index in [9.17, 15) is 4.79 Å². The van der Waals surface area contributed by atoms with Crippen LogP contribution in [0.25, 0.3) is 0 Å². The lowest BCUT2D eigenvalue weighted by atomic mass is 9.95. The van der Waals surface area contributed by atoms with Crippen LogP contribution < -0.4 is 5.32 Å². The van der Waals surface area contributed by atoms with Gasteiger partial charge in [0.05, 0.1) is 5.51 Å². The van der Waals surface area contributed by atoms with Crippen LogP contribution in [0.4, 0.5) is 5.00 Å². The second kappa shape index (κ2) is 5.73. The molecule has 0 saturated heterocycles. The van der Waals surface area contributed by atoms with E-state index in [2.05, 4.69) is 16.6 Å². The smallest absolute Gasteiger partial charge is 0.357 e. The van der Waals surface area contributed by atoms with Crippen LogP contribution in [0.3, 0.4) is 0 Å². The van der Waals surface area contributed by atoms with Crippen molar-refractivity contribution in [3.8, 4) is 0 Å². The van der Waals surface area contributed by atoms with Crippen molar-refractivity contribution in [1.82, 2.24) is 4.98 Å². The summed E-state index contributed by atoms with van der Waals surface area (Å²) in [5.41, 5.74) is 1.74. The van der Waals surface area contributed by atoms with Crippen molar-refractivity contribution in [2.24, 2.45) is 0 Å². The fourth-order valence-corrected chi connectivity index (χ4v) is 3.75. The topological polar surface area (TPSA) is 62.2 Å². The molecule has 4 nitrogen and oxygen atoms in total. The summed E-state index contributed by atoms with van der Waals surface area (Å²) in [6.07, 6.45) is 6.85. The van der Waals surface area contributed by atoms with Gasteiger partial charge in [-0.05, 0) is 25.5 Å². The molecule has 1 aliphatic carbocycles. The fourth-order valence-electron chi connectivity index (χ4n) is 2.18. The first-order valence-corrected chi connectivity index (χ1v) is 7.83.